The maximum atomic E-state index is 10.5. The molecule has 14 heavy (non-hydrogen) atoms. The number of hydrogen-bond donors (Lipinski definition) is 2. The normalized spacial score (nSPS) is 10.1. The number of aliphatic carboxylic acids is 1. The first kappa shape index (κ1) is 10.9. The molecule has 0 spiro atoms. The van der Waals surface area contributed by atoms with E-state index >= 15 is 0 Å². The predicted octanol–water partition coefficient (Wildman–Crippen LogP) is 2.01. The van der Waals surface area contributed by atoms with Crippen molar-refractivity contribution < 1.29 is 9.90 Å². The maximum absolute atomic E-state index is 10.5. The van der Waals surface area contributed by atoms with Gasteiger partial charge >= 0.3 is 5.97 Å². The topological polar surface area (TPSA) is 63.3 Å². The number of rotatable bonds is 4. The first-order valence-corrected chi connectivity index (χ1v) is 5.35. The summed E-state index contributed by atoms with van der Waals surface area (Å²) >= 11 is 1.63. The summed E-state index contributed by atoms with van der Waals surface area (Å²) in [6, 6.07) is 5.36. The van der Waals surface area contributed by atoms with Crippen LogP contribution in [0, 0.1) is 0 Å². The molecule has 1 aromatic carbocycles. The van der Waals surface area contributed by atoms with Crippen molar-refractivity contribution >= 4 is 23.4 Å². The zero-order valence-corrected chi connectivity index (χ0v) is 8.80. The van der Waals surface area contributed by atoms with E-state index in [1.165, 1.54) is 0 Å². The monoisotopic (exact) mass is 211 g/mol. The molecule has 0 bridgehead atoms. The predicted molar refractivity (Wildman–Crippen MR) is 58.6 cm³/mol. The van der Waals surface area contributed by atoms with Gasteiger partial charge in [-0.15, -0.1) is 11.8 Å². The molecule has 0 aliphatic carbocycles. The Bertz CT molecular complexity index is 339. The fourth-order valence-electron chi connectivity index (χ4n) is 1.14. The molecule has 0 aromatic heterocycles. The molecule has 0 aliphatic heterocycles. The van der Waals surface area contributed by atoms with Crippen molar-refractivity contribution in [3.8, 4) is 0 Å². The highest BCUT2D eigenvalue weighted by Crippen LogP contribution is 2.25. The Kier molecular flexibility index (Phi) is 3.83. The van der Waals surface area contributed by atoms with Gasteiger partial charge in [-0.05, 0) is 23.4 Å². The highest BCUT2D eigenvalue weighted by molar-refractivity contribution is 7.99. The second-order valence-electron chi connectivity index (χ2n) is 2.88. The summed E-state index contributed by atoms with van der Waals surface area (Å²) in [5.74, 6) is 0.114. The lowest BCUT2D eigenvalue weighted by Gasteiger charge is -2.05. The average Bonchev–Trinajstić information content (AvgIpc) is 2.10. The molecule has 0 radical (unpaired) electrons. The van der Waals surface area contributed by atoms with Crippen LogP contribution in [0.2, 0.25) is 0 Å². The molecule has 0 fully saturated rings. The van der Waals surface area contributed by atoms with Crippen LogP contribution < -0.4 is 5.73 Å². The van der Waals surface area contributed by atoms with Crippen molar-refractivity contribution in [1.82, 2.24) is 0 Å². The zero-order valence-electron chi connectivity index (χ0n) is 7.99. The molecule has 1 aromatic rings. The molecule has 76 valence electrons. The molecule has 1 rings (SSSR count). The summed E-state index contributed by atoms with van der Waals surface area (Å²) in [7, 11) is 0. The lowest BCUT2D eigenvalue weighted by Crippen LogP contribution is -2.00. The molecule has 4 heteroatoms. The molecule has 0 saturated heterocycles. The van der Waals surface area contributed by atoms with E-state index in [0.29, 0.717) is 5.69 Å². The van der Waals surface area contributed by atoms with Gasteiger partial charge in [0.2, 0.25) is 0 Å². The fourth-order valence-corrected chi connectivity index (χ4v) is 1.92. The van der Waals surface area contributed by atoms with Gasteiger partial charge in [0.15, 0.2) is 0 Å². The first-order valence-electron chi connectivity index (χ1n) is 4.36. The summed E-state index contributed by atoms with van der Waals surface area (Å²) in [5.41, 5.74) is 7.25. The minimum absolute atomic E-state index is 0.0531. The lowest BCUT2D eigenvalue weighted by atomic mass is 10.1. The second-order valence-corrected chi connectivity index (χ2v) is 4.18. The Morgan fingerprint density at radius 3 is 2.86 bits per heavy atom. The van der Waals surface area contributed by atoms with E-state index in [4.69, 9.17) is 10.8 Å². The van der Waals surface area contributed by atoms with Crippen LogP contribution in [0.15, 0.2) is 23.1 Å². The van der Waals surface area contributed by atoms with Crippen molar-refractivity contribution in [2.75, 3.05) is 11.5 Å². The van der Waals surface area contributed by atoms with Crippen molar-refractivity contribution in [2.45, 2.75) is 18.2 Å². The van der Waals surface area contributed by atoms with Crippen LogP contribution in [0.5, 0.6) is 0 Å². The molecule has 3 nitrogen and oxygen atoms in total. The summed E-state index contributed by atoms with van der Waals surface area (Å²) in [4.78, 5) is 11.4. The van der Waals surface area contributed by atoms with E-state index in [2.05, 4.69) is 0 Å². The Balaban J connectivity index is 2.88. The third-order valence-electron chi connectivity index (χ3n) is 1.73. The van der Waals surface area contributed by atoms with Gasteiger partial charge in [0.05, 0.1) is 6.42 Å². The van der Waals surface area contributed by atoms with E-state index in [9.17, 15) is 4.79 Å². The highest BCUT2D eigenvalue weighted by Gasteiger charge is 2.04. The molecular formula is C10H13NO2S. The van der Waals surface area contributed by atoms with Gasteiger partial charge in [0.25, 0.3) is 0 Å². The van der Waals surface area contributed by atoms with Crippen molar-refractivity contribution in [3.05, 3.63) is 23.8 Å². The van der Waals surface area contributed by atoms with Crippen LogP contribution >= 0.6 is 11.8 Å². The molecular weight excluding hydrogens is 198 g/mol. The number of carbonyl (C=O) groups is 1. The Morgan fingerprint density at radius 1 is 1.57 bits per heavy atom. The van der Waals surface area contributed by atoms with Crippen LogP contribution in [0.1, 0.15) is 12.5 Å². The third kappa shape index (κ3) is 2.96. The summed E-state index contributed by atoms with van der Waals surface area (Å²) in [5, 5.41) is 8.62. The van der Waals surface area contributed by atoms with E-state index in [1.54, 1.807) is 23.9 Å². The highest BCUT2D eigenvalue weighted by atomic mass is 32.2. The zero-order chi connectivity index (χ0) is 10.6. The van der Waals surface area contributed by atoms with Crippen LogP contribution in [-0.2, 0) is 11.2 Å². The van der Waals surface area contributed by atoms with E-state index in [1.807, 2.05) is 13.0 Å². The van der Waals surface area contributed by atoms with Gasteiger partial charge in [-0.25, -0.2) is 0 Å². The summed E-state index contributed by atoms with van der Waals surface area (Å²) in [6.45, 7) is 2.04. The maximum Gasteiger partial charge on any atom is 0.307 e. The standard InChI is InChI=1S/C10H13NO2S/c1-2-14-9-5-7(6-10(12)13)3-4-8(9)11/h3-5H,2,6,11H2,1H3,(H,12,13). The minimum atomic E-state index is -0.817. The molecule has 0 aliphatic rings. The average molecular weight is 211 g/mol. The number of anilines is 1. The smallest absolute Gasteiger partial charge is 0.307 e. The largest absolute Gasteiger partial charge is 0.481 e. The van der Waals surface area contributed by atoms with E-state index < -0.39 is 5.97 Å². The number of carboxylic acids is 1. The molecule has 0 heterocycles. The van der Waals surface area contributed by atoms with Crippen LogP contribution in [0.3, 0.4) is 0 Å². The Hall–Kier alpha value is -1.16. The summed E-state index contributed by atoms with van der Waals surface area (Å²) < 4.78 is 0. The fraction of sp³-hybridized carbons (Fsp3) is 0.300. The molecule has 0 saturated carbocycles. The number of carboxylic acid groups (broad SMARTS) is 1. The van der Waals surface area contributed by atoms with Crippen LogP contribution in [0.4, 0.5) is 5.69 Å². The van der Waals surface area contributed by atoms with Gasteiger partial charge in [-0.2, -0.15) is 0 Å². The van der Waals surface area contributed by atoms with Crippen LogP contribution in [0.25, 0.3) is 0 Å². The van der Waals surface area contributed by atoms with Crippen molar-refractivity contribution in [2.24, 2.45) is 0 Å². The Morgan fingerprint density at radius 2 is 2.29 bits per heavy atom. The second kappa shape index (κ2) is 4.91. The molecule has 0 amide bonds. The summed E-state index contributed by atoms with van der Waals surface area (Å²) in [6.07, 6.45) is 0.0531. The minimum Gasteiger partial charge on any atom is -0.481 e. The number of thioether (sulfide) groups is 1. The quantitative estimate of drug-likeness (QED) is 0.590. The molecule has 3 N–H and O–H groups in total. The van der Waals surface area contributed by atoms with Gasteiger partial charge in [-0.1, -0.05) is 13.0 Å². The van der Waals surface area contributed by atoms with Crippen molar-refractivity contribution in [3.63, 3.8) is 0 Å². The number of nitrogen functional groups attached to an aromatic ring is 1. The Labute approximate surface area is 87.3 Å². The van der Waals surface area contributed by atoms with Gasteiger partial charge in [-0.3, -0.25) is 4.79 Å². The number of hydrogen-bond acceptors (Lipinski definition) is 3. The number of nitrogens with two attached hydrogens (primary N) is 1. The number of benzene rings is 1. The SMILES string of the molecule is CCSc1cc(CC(=O)O)ccc1N. The van der Waals surface area contributed by atoms with E-state index in [0.717, 1.165) is 16.2 Å². The van der Waals surface area contributed by atoms with Gasteiger partial charge < -0.3 is 10.8 Å². The van der Waals surface area contributed by atoms with Crippen LogP contribution in [-0.4, -0.2) is 16.8 Å². The lowest BCUT2D eigenvalue weighted by molar-refractivity contribution is -0.136. The van der Waals surface area contributed by atoms with Gasteiger partial charge in [0.1, 0.15) is 0 Å². The van der Waals surface area contributed by atoms with E-state index in [-0.39, 0.29) is 6.42 Å². The van der Waals surface area contributed by atoms with Gasteiger partial charge in [0, 0.05) is 10.6 Å². The van der Waals surface area contributed by atoms with Crippen molar-refractivity contribution in [1.29, 1.82) is 0 Å². The molecule has 0 unspecified atom stereocenters. The third-order valence-corrected chi connectivity index (χ3v) is 2.69. The molecule has 0 atom stereocenters. The first-order chi connectivity index (χ1) is 6.63.